The molecule has 0 radical (unpaired) electrons. The summed E-state index contributed by atoms with van der Waals surface area (Å²) in [7, 11) is 1.85. The second kappa shape index (κ2) is 3.75. The van der Waals surface area contributed by atoms with Crippen LogP contribution in [0.3, 0.4) is 0 Å². The molecule has 2 rings (SSSR count). The van der Waals surface area contributed by atoms with Crippen LogP contribution < -0.4 is 5.32 Å². The van der Waals surface area contributed by atoms with Crippen molar-refractivity contribution in [1.82, 2.24) is 19.7 Å². The number of nitrogens with zero attached hydrogens (tertiary/aromatic N) is 4. The van der Waals surface area contributed by atoms with Gasteiger partial charge in [0.2, 0.25) is 5.95 Å². The molecule has 0 aromatic carbocycles. The molecular formula is C8H8BrN5. The fourth-order valence-electron chi connectivity index (χ4n) is 0.992. The number of rotatable bonds is 2. The van der Waals surface area contributed by atoms with Crippen LogP contribution in [0.25, 0.3) is 0 Å². The van der Waals surface area contributed by atoms with Gasteiger partial charge in [0, 0.05) is 25.6 Å². The molecule has 0 fully saturated rings. The van der Waals surface area contributed by atoms with E-state index in [9.17, 15) is 0 Å². The number of hydrogen-bond donors (Lipinski definition) is 1. The van der Waals surface area contributed by atoms with E-state index in [4.69, 9.17) is 0 Å². The van der Waals surface area contributed by atoms with E-state index < -0.39 is 0 Å². The Balaban J connectivity index is 2.15. The van der Waals surface area contributed by atoms with Gasteiger partial charge >= 0.3 is 0 Å². The fourth-order valence-corrected chi connectivity index (χ4v) is 1.20. The van der Waals surface area contributed by atoms with Gasteiger partial charge in [-0.15, -0.1) is 0 Å². The number of anilines is 2. The summed E-state index contributed by atoms with van der Waals surface area (Å²) in [4.78, 5) is 8.15. The highest BCUT2D eigenvalue weighted by Crippen LogP contribution is 2.12. The van der Waals surface area contributed by atoms with E-state index in [0.29, 0.717) is 5.95 Å². The fraction of sp³-hybridized carbons (Fsp3) is 0.125. The van der Waals surface area contributed by atoms with Crippen molar-refractivity contribution in [2.24, 2.45) is 7.05 Å². The molecule has 72 valence electrons. The normalized spacial score (nSPS) is 10.1. The minimum absolute atomic E-state index is 0.557. The molecule has 0 saturated heterocycles. The summed E-state index contributed by atoms with van der Waals surface area (Å²) >= 11 is 3.27. The molecule has 0 atom stereocenters. The van der Waals surface area contributed by atoms with Gasteiger partial charge in [0.15, 0.2) is 0 Å². The Hall–Kier alpha value is -1.43. The Morgan fingerprint density at radius 1 is 1.29 bits per heavy atom. The Morgan fingerprint density at radius 2 is 2.00 bits per heavy atom. The lowest BCUT2D eigenvalue weighted by molar-refractivity contribution is 0.768. The SMILES string of the molecule is Cn1cc(Nc2ncc(Br)cn2)cn1. The van der Waals surface area contributed by atoms with Crippen LogP contribution in [0, 0.1) is 0 Å². The average molecular weight is 254 g/mol. The van der Waals surface area contributed by atoms with Crippen molar-refractivity contribution in [2.45, 2.75) is 0 Å². The number of aromatic nitrogens is 4. The Labute approximate surface area is 89.3 Å². The number of aryl methyl sites for hydroxylation is 1. The molecule has 0 aliphatic carbocycles. The summed E-state index contributed by atoms with van der Waals surface area (Å²) in [6.07, 6.45) is 6.94. The molecule has 0 amide bonds. The minimum Gasteiger partial charge on any atom is -0.321 e. The van der Waals surface area contributed by atoms with Gasteiger partial charge in [-0.1, -0.05) is 0 Å². The standard InChI is InChI=1S/C8H8BrN5/c1-14-5-7(4-12-14)13-8-10-2-6(9)3-11-8/h2-5H,1H3,(H,10,11,13). The van der Waals surface area contributed by atoms with E-state index in [1.807, 2.05) is 13.2 Å². The molecule has 2 heterocycles. The molecule has 14 heavy (non-hydrogen) atoms. The predicted octanol–water partition coefficient (Wildman–Crippen LogP) is 1.72. The van der Waals surface area contributed by atoms with Crippen LogP contribution in [0.5, 0.6) is 0 Å². The van der Waals surface area contributed by atoms with E-state index >= 15 is 0 Å². The second-order valence-corrected chi connectivity index (χ2v) is 3.67. The molecule has 6 heteroatoms. The van der Waals surface area contributed by atoms with E-state index in [1.165, 1.54) is 0 Å². The number of halogens is 1. The monoisotopic (exact) mass is 253 g/mol. The van der Waals surface area contributed by atoms with Crippen LogP contribution >= 0.6 is 15.9 Å². The first-order valence-corrected chi connectivity index (χ1v) is 4.76. The van der Waals surface area contributed by atoms with E-state index in [2.05, 4.69) is 36.3 Å². The van der Waals surface area contributed by atoms with Gasteiger partial charge < -0.3 is 5.32 Å². The summed E-state index contributed by atoms with van der Waals surface area (Å²) in [6.45, 7) is 0. The zero-order valence-corrected chi connectivity index (χ0v) is 9.06. The quantitative estimate of drug-likeness (QED) is 0.886. The van der Waals surface area contributed by atoms with Crippen molar-refractivity contribution in [3.8, 4) is 0 Å². The lowest BCUT2D eigenvalue weighted by Crippen LogP contribution is -1.94. The molecular weight excluding hydrogens is 246 g/mol. The molecule has 0 aliphatic heterocycles. The second-order valence-electron chi connectivity index (χ2n) is 2.75. The highest BCUT2D eigenvalue weighted by molar-refractivity contribution is 9.10. The smallest absolute Gasteiger partial charge is 0.227 e. The maximum Gasteiger partial charge on any atom is 0.227 e. The average Bonchev–Trinajstić information content (AvgIpc) is 2.56. The zero-order valence-electron chi connectivity index (χ0n) is 7.48. The zero-order chi connectivity index (χ0) is 9.97. The van der Waals surface area contributed by atoms with E-state index in [1.54, 1.807) is 23.3 Å². The van der Waals surface area contributed by atoms with Crippen molar-refractivity contribution in [3.05, 3.63) is 29.3 Å². The van der Waals surface area contributed by atoms with Crippen LogP contribution in [-0.4, -0.2) is 19.7 Å². The molecule has 0 spiro atoms. The lowest BCUT2D eigenvalue weighted by Gasteiger charge is -1.99. The van der Waals surface area contributed by atoms with Crippen LogP contribution in [-0.2, 0) is 7.05 Å². The van der Waals surface area contributed by atoms with Crippen molar-refractivity contribution >= 4 is 27.6 Å². The van der Waals surface area contributed by atoms with Gasteiger partial charge in [-0.3, -0.25) is 4.68 Å². The van der Waals surface area contributed by atoms with Crippen molar-refractivity contribution < 1.29 is 0 Å². The van der Waals surface area contributed by atoms with Gasteiger partial charge in [-0.2, -0.15) is 5.10 Å². The summed E-state index contributed by atoms with van der Waals surface area (Å²) in [5, 5.41) is 7.05. The highest BCUT2D eigenvalue weighted by atomic mass is 79.9. The summed E-state index contributed by atoms with van der Waals surface area (Å²) in [6, 6.07) is 0. The first-order chi connectivity index (χ1) is 6.74. The summed E-state index contributed by atoms with van der Waals surface area (Å²) < 4.78 is 2.57. The predicted molar refractivity (Wildman–Crippen MR) is 56.2 cm³/mol. The van der Waals surface area contributed by atoms with Crippen LogP contribution in [0.4, 0.5) is 11.6 Å². The van der Waals surface area contributed by atoms with Gasteiger partial charge in [0.05, 0.1) is 16.4 Å². The summed E-state index contributed by atoms with van der Waals surface area (Å²) in [5.74, 6) is 0.557. The summed E-state index contributed by atoms with van der Waals surface area (Å²) in [5.41, 5.74) is 0.870. The van der Waals surface area contributed by atoms with Crippen LogP contribution in [0.2, 0.25) is 0 Å². The number of nitrogens with one attached hydrogen (secondary N) is 1. The molecule has 0 unspecified atom stereocenters. The third-order valence-corrected chi connectivity index (χ3v) is 1.99. The lowest BCUT2D eigenvalue weighted by atomic mass is 10.5. The first-order valence-electron chi connectivity index (χ1n) is 3.97. The van der Waals surface area contributed by atoms with Crippen molar-refractivity contribution in [3.63, 3.8) is 0 Å². The minimum atomic E-state index is 0.557. The molecule has 0 saturated carbocycles. The van der Waals surface area contributed by atoms with E-state index in [0.717, 1.165) is 10.2 Å². The molecule has 0 aliphatic rings. The molecule has 5 nitrogen and oxygen atoms in total. The van der Waals surface area contributed by atoms with Crippen LogP contribution in [0.15, 0.2) is 29.3 Å². The highest BCUT2D eigenvalue weighted by Gasteiger charge is 1.98. The first kappa shape index (κ1) is 9.14. The molecule has 2 aromatic rings. The molecule has 2 aromatic heterocycles. The van der Waals surface area contributed by atoms with Gasteiger partial charge in [-0.25, -0.2) is 9.97 Å². The maximum absolute atomic E-state index is 4.08. The molecule has 1 N–H and O–H groups in total. The number of hydrogen-bond acceptors (Lipinski definition) is 4. The third kappa shape index (κ3) is 2.08. The Kier molecular flexibility index (Phi) is 2.45. The topological polar surface area (TPSA) is 55.6 Å². The largest absolute Gasteiger partial charge is 0.321 e. The Morgan fingerprint density at radius 3 is 2.57 bits per heavy atom. The van der Waals surface area contributed by atoms with Crippen molar-refractivity contribution in [1.29, 1.82) is 0 Å². The van der Waals surface area contributed by atoms with Gasteiger partial charge in [-0.05, 0) is 15.9 Å². The van der Waals surface area contributed by atoms with Gasteiger partial charge in [0.1, 0.15) is 0 Å². The Bertz CT molecular complexity index is 422. The van der Waals surface area contributed by atoms with E-state index in [-0.39, 0.29) is 0 Å². The maximum atomic E-state index is 4.08. The van der Waals surface area contributed by atoms with Gasteiger partial charge in [0.25, 0.3) is 0 Å². The third-order valence-electron chi connectivity index (χ3n) is 1.58. The van der Waals surface area contributed by atoms with Crippen LogP contribution in [0.1, 0.15) is 0 Å². The van der Waals surface area contributed by atoms with Crippen molar-refractivity contribution in [2.75, 3.05) is 5.32 Å². The molecule has 0 bridgehead atoms.